The Labute approximate surface area is 201 Å². The number of ether oxygens (including phenoxy) is 2. The van der Waals surface area contributed by atoms with Gasteiger partial charge in [0.2, 0.25) is 0 Å². The molecule has 0 aliphatic carbocycles. The van der Waals surface area contributed by atoms with Crippen molar-refractivity contribution in [1.82, 2.24) is 9.55 Å². The van der Waals surface area contributed by atoms with Crippen molar-refractivity contribution in [3.05, 3.63) is 22.7 Å². The first-order chi connectivity index (χ1) is 16.6. The Bertz CT molecular complexity index is 1090. The molecule has 0 saturated carbocycles. The summed E-state index contributed by atoms with van der Waals surface area (Å²) >= 11 is 0. The highest BCUT2D eigenvalue weighted by Crippen LogP contribution is 2.62. The molecule has 1 aromatic heterocycles. The van der Waals surface area contributed by atoms with E-state index in [-0.39, 0.29) is 5.82 Å². The standard InChI is InChI=1S/C15H25N3O16P2/c16-9-1-2-18(14(24)17-9)13-11(23)10(22)8(31-13)5-30-35(26,27)34-36(28,29)33-15(25)3-6(20)12(32-15)7(21)4-19/h1-2,6-8,10-13,19-23,25H,3-5H2,(H,26,27)(H,28,29)(H2,16,17,24)/t6-,7?,8+,10+,11+,12-,13+,15-/m0/s1. The molecule has 3 rings (SSSR count). The Kier molecular flexibility index (Phi) is 8.73. The largest absolute Gasteiger partial charge is 0.485 e. The van der Waals surface area contributed by atoms with Gasteiger partial charge in [-0.2, -0.15) is 9.29 Å². The monoisotopic (exact) mass is 565 g/mol. The molecule has 10 N–H and O–H groups in total. The summed E-state index contributed by atoms with van der Waals surface area (Å²) in [5.41, 5.74) is 4.44. The number of nitrogens with zero attached hydrogens (tertiary/aromatic N) is 2. The summed E-state index contributed by atoms with van der Waals surface area (Å²) in [5.74, 6) is -3.19. The summed E-state index contributed by atoms with van der Waals surface area (Å²) in [6.45, 7) is -1.91. The topological polar surface area (TPSA) is 303 Å². The fraction of sp³-hybridized carbons (Fsp3) is 0.733. The Morgan fingerprint density at radius 2 is 1.92 bits per heavy atom. The van der Waals surface area contributed by atoms with Crippen LogP contribution in [0.15, 0.2) is 17.1 Å². The van der Waals surface area contributed by atoms with Gasteiger partial charge in [-0.3, -0.25) is 9.09 Å². The maximum absolute atomic E-state index is 12.2. The van der Waals surface area contributed by atoms with Gasteiger partial charge in [-0.25, -0.2) is 18.4 Å². The second kappa shape index (κ2) is 10.8. The molecule has 10 atom stereocenters. The van der Waals surface area contributed by atoms with Crippen LogP contribution < -0.4 is 11.4 Å². The number of phosphoric acid groups is 2. The molecule has 2 aliphatic heterocycles. The number of anilines is 1. The van der Waals surface area contributed by atoms with E-state index in [9.17, 15) is 49.2 Å². The van der Waals surface area contributed by atoms with E-state index in [1.54, 1.807) is 0 Å². The van der Waals surface area contributed by atoms with Crippen molar-refractivity contribution in [1.29, 1.82) is 0 Å². The first-order valence-electron chi connectivity index (χ1n) is 10.0. The van der Waals surface area contributed by atoms with Crippen LogP contribution in [0.2, 0.25) is 0 Å². The number of nitrogen functional groups attached to an aromatic ring is 1. The maximum atomic E-state index is 12.2. The summed E-state index contributed by atoms with van der Waals surface area (Å²) in [6, 6.07) is 1.20. The third kappa shape index (κ3) is 6.73. The van der Waals surface area contributed by atoms with Crippen LogP contribution in [-0.2, 0) is 32.0 Å². The van der Waals surface area contributed by atoms with Crippen molar-refractivity contribution in [2.45, 2.75) is 55.2 Å². The molecule has 0 amide bonds. The van der Waals surface area contributed by atoms with Crippen molar-refractivity contribution in [2.75, 3.05) is 18.9 Å². The number of hydrogen-bond acceptors (Lipinski definition) is 16. The second-order valence-corrected chi connectivity index (χ2v) is 10.8. The molecule has 3 unspecified atom stereocenters. The molecule has 19 nitrogen and oxygen atoms in total. The van der Waals surface area contributed by atoms with E-state index in [1.165, 1.54) is 6.07 Å². The third-order valence-corrected chi connectivity index (χ3v) is 7.70. The lowest BCUT2D eigenvalue weighted by Gasteiger charge is -2.26. The molecular formula is C15H25N3O16P2. The molecule has 2 aliphatic rings. The van der Waals surface area contributed by atoms with Crippen LogP contribution in [-0.4, -0.2) is 106 Å². The van der Waals surface area contributed by atoms with E-state index in [1.807, 2.05) is 0 Å². The first kappa shape index (κ1) is 29.2. The summed E-state index contributed by atoms with van der Waals surface area (Å²) < 4.78 is 47.9. The highest BCUT2D eigenvalue weighted by atomic mass is 31.3. The predicted octanol–water partition coefficient (Wildman–Crippen LogP) is -4.16. The average Bonchev–Trinajstić information content (AvgIpc) is 3.20. The number of aromatic nitrogens is 2. The first-order valence-corrected chi connectivity index (χ1v) is 13.0. The molecule has 3 heterocycles. The number of aliphatic hydroxyl groups is 6. The lowest BCUT2D eigenvalue weighted by Crippen LogP contribution is -2.38. The SMILES string of the molecule is Nc1ccn([C@@H]2O[C@H](COP(=O)(O)OP(=O)(O)O[C@]3(O)C[C@H](O)[C@@H](C(O)CO)O3)[C@@H](O)[C@H]2O)c(=O)n1. The van der Waals surface area contributed by atoms with Crippen LogP contribution in [0.1, 0.15) is 12.6 Å². The molecule has 36 heavy (non-hydrogen) atoms. The number of hydrogen-bond donors (Lipinski definition) is 9. The lowest BCUT2D eigenvalue weighted by molar-refractivity contribution is -0.320. The van der Waals surface area contributed by atoms with Gasteiger partial charge >= 0.3 is 21.3 Å². The fourth-order valence-corrected chi connectivity index (χ4v) is 5.63. The van der Waals surface area contributed by atoms with E-state index in [2.05, 4.69) is 18.3 Å². The summed E-state index contributed by atoms with van der Waals surface area (Å²) in [7, 11) is -11.2. The van der Waals surface area contributed by atoms with Gasteiger partial charge in [0.15, 0.2) is 6.23 Å². The molecule has 2 saturated heterocycles. The summed E-state index contributed by atoms with van der Waals surface area (Å²) in [6.07, 6.45) is -11.3. The molecule has 0 aromatic carbocycles. The van der Waals surface area contributed by atoms with Crippen molar-refractivity contribution in [3.63, 3.8) is 0 Å². The minimum Gasteiger partial charge on any atom is -0.394 e. The van der Waals surface area contributed by atoms with Crippen LogP contribution in [0.25, 0.3) is 0 Å². The van der Waals surface area contributed by atoms with Gasteiger partial charge < -0.3 is 55.6 Å². The Hall–Kier alpha value is -1.38. The average molecular weight is 565 g/mol. The zero-order chi connectivity index (χ0) is 27.1. The molecule has 0 radical (unpaired) electrons. The number of phosphoric ester groups is 2. The van der Waals surface area contributed by atoms with E-state index in [0.29, 0.717) is 0 Å². The van der Waals surface area contributed by atoms with E-state index in [0.717, 1.165) is 10.8 Å². The lowest BCUT2D eigenvalue weighted by atomic mass is 10.1. The minimum absolute atomic E-state index is 0.125. The molecule has 0 bridgehead atoms. The van der Waals surface area contributed by atoms with Crippen LogP contribution in [0.3, 0.4) is 0 Å². The molecule has 2 fully saturated rings. The Morgan fingerprint density at radius 1 is 1.25 bits per heavy atom. The second-order valence-electron chi connectivity index (χ2n) is 7.81. The van der Waals surface area contributed by atoms with Crippen LogP contribution in [0, 0.1) is 0 Å². The minimum atomic E-state index is -5.67. The van der Waals surface area contributed by atoms with Gasteiger partial charge in [-0.05, 0) is 6.07 Å². The quantitative estimate of drug-likeness (QED) is 0.0960. The molecule has 206 valence electrons. The molecule has 0 spiro atoms. The van der Waals surface area contributed by atoms with Gasteiger partial charge in [-0.15, -0.1) is 0 Å². The molecular weight excluding hydrogens is 540 g/mol. The molecule has 21 heteroatoms. The van der Waals surface area contributed by atoms with E-state index < -0.39 is 89.8 Å². The maximum Gasteiger partial charge on any atom is 0.485 e. The van der Waals surface area contributed by atoms with E-state index in [4.69, 9.17) is 20.3 Å². The van der Waals surface area contributed by atoms with Crippen molar-refractivity contribution in [2.24, 2.45) is 0 Å². The fourth-order valence-electron chi connectivity index (χ4n) is 3.45. The predicted molar refractivity (Wildman–Crippen MR) is 110 cm³/mol. The van der Waals surface area contributed by atoms with Gasteiger partial charge in [0.05, 0.1) is 25.7 Å². The Morgan fingerprint density at radius 3 is 2.53 bits per heavy atom. The number of aliphatic hydroxyl groups excluding tert-OH is 5. The number of nitrogens with two attached hydrogens (primary N) is 1. The van der Waals surface area contributed by atoms with Crippen molar-refractivity contribution < 1.29 is 72.4 Å². The summed E-state index contributed by atoms with van der Waals surface area (Å²) in [4.78, 5) is 34.9. The van der Waals surface area contributed by atoms with Crippen molar-refractivity contribution in [3.8, 4) is 0 Å². The van der Waals surface area contributed by atoms with Crippen molar-refractivity contribution >= 4 is 21.5 Å². The van der Waals surface area contributed by atoms with Gasteiger partial charge in [0, 0.05) is 6.20 Å². The van der Waals surface area contributed by atoms with Crippen LogP contribution in [0.4, 0.5) is 5.82 Å². The van der Waals surface area contributed by atoms with Crippen LogP contribution in [0.5, 0.6) is 0 Å². The van der Waals surface area contributed by atoms with E-state index >= 15 is 0 Å². The Balaban J connectivity index is 1.60. The molecule has 1 aromatic rings. The van der Waals surface area contributed by atoms with Gasteiger partial charge in [-0.1, -0.05) is 0 Å². The zero-order valence-electron chi connectivity index (χ0n) is 18.0. The third-order valence-electron chi connectivity index (χ3n) is 5.06. The van der Waals surface area contributed by atoms with Gasteiger partial charge in [0.1, 0.15) is 36.3 Å². The van der Waals surface area contributed by atoms with Gasteiger partial charge in [0.25, 0.3) is 5.97 Å². The smallest absolute Gasteiger partial charge is 0.394 e. The zero-order valence-corrected chi connectivity index (χ0v) is 19.8. The highest BCUT2D eigenvalue weighted by Gasteiger charge is 2.54. The normalized spacial score (nSPS) is 36.9. The summed E-state index contributed by atoms with van der Waals surface area (Å²) in [5, 5.41) is 58.6. The number of rotatable bonds is 10. The highest BCUT2D eigenvalue weighted by molar-refractivity contribution is 7.61. The van der Waals surface area contributed by atoms with Crippen LogP contribution >= 0.6 is 15.6 Å².